The quantitative estimate of drug-likeness (QED) is 0.508. The number of benzene rings is 1. The monoisotopic (exact) mass is 184 g/mol. The Morgan fingerprint density at radius 1 is 0.786 bits per heavy atom. The Hall–Kier alpha value is -1.70. The van der Waals surface area contributed by atoms with Crippen LogP contribution in [0.5, 0.6) is 0 Å². The highest BCUT2D eigenvalue weighted by molar-refractivity contribution is 5.95. The zero-order chi connectivity index (χ0) is 9.71. The van der Waals surface area contributed by atoms with E-state index in [1.54, 1.807) is 0 Å². The SMILES string of the molecule is Cn1ccc2cc3ccn(C)c3cc21. The Balaban J connectivity index is 2.57. The third-order valence-electron chi connectivity index (χ3n) is 2.89. The minimum Gasteiger partial charge on any atom is -0.350 e. The molecule has 0 radical (unpaired) electrons. The summed E-state index contributed by atoms with van der Waals surface area (Å²) >= 11 is 0. The van der Waals surface area contributed by atoms with Crippen LogP contribution in [0.2, 0.25) is 0 Å². The Bertz CT molecular complexity index is 562. The fourth-order valence-corrected chi connectivity index (χ4v) is 2.03. The van der Waals surface area contributed by atoms with Crippen molar-refractivity contribution < 1.29 is 0 Å². The molecule has 14 heavy (non-hydrogen) atoms. The van der Waals surface area contributed by atoms with Crippen LogP contribution in [-0.4, -0.2) is 9.13 Å². The van der Waals surface area contributed by atoms with Gasteiger partial charge < -0.3 is 9.13 Å². The van der Waals surface area contributed by atoms with Crippen molar-refractivity contribution in [1.29, 1.82) is 0 Å². The molecule has 0 aliphatic rings. The summed E-state index contributed by atoms with van der Waals surface area (Å²) in [5.41, 5.74) is 2.58. The molecule has 1 aromatic carbocycles. The van der Waals surface area contributed by atoms with Crippen LogP contribution in [0.15, 0.2) is 36.7 Å². The molecular formula is C12H12N2. The van der Waals surface area contributed by atoms with Gasteiger partial charge in [0.1, 0.15) is 0 Å². The lowest BCUT2D eigenvalue weighted by Crippen LogP contribution is -1.86. The first kappa shape index (κ1) is 7.68. The van der Waals surface area contributed by atoms with E-state index in [1.807, 2.05) is 0 Å². The molecule has 0 saturated heterocycles. The summed E-state index contributed by atoms with van der Waals surface area (Å²) in [6.07, 6.45) is 4.20. The van der Waals surface area contributed by atoms with Gasteiger partial charge in [0, 0.05) is 48.3 Å². The van der Waals surface area contributed by atoms with Crippen LogP contribution in [0, 0.1) is 0 Å². The van der Waals surface area contributed by atoms with Gasteiger partial charge in [-0.05, 0) is 24.3 Å². The predicted molar refractivity (Wildman–Crippen MR) is 59.4 cm³/mol. The van der Waals surface area contributed by atoms with Crippen molar-refractivity contribution in [3.8, 4) is 0 Å². The number of aromatic nitrogens is 2. The highest BCUT2D eigenvalue weighted by atomic mass is 14.9. The van der Waals surface area contributed by atoms with E-state index in [1.165, 1.54) is 21.8 Å². The number of hydrogen-bond acceptors (Lipinski definition) is 0. The third-order valence-corrected chi connectivity index (χ3v) is 2.89. The summed E-state index contributed by atoms with van der Waals surface area (Å²) < 4.78 is 4.31. The first-order valence-corrected chi connectivity index (χ1v) is 4.76. The Labute approximate surface area is 82.4 Å². The highest BCUT2D eigenvalue weighted by Crippen LogP contribution is 2.23. The van der Waals surface area contributed by atoms with E-state index in [-0.39, 0.29) is 0 Å². The van der Waals surface area contributed by atoms with Crippen LogP contribution in [0.25, 0.3) is 21.8 Å². The van der Waals surface area contributed by atoms with Crippen LogP contribution in [0.3, 0.4) is 0 Å². The van der Waals surface area contributed by atoms with Crippen LogP contribution in [-0.2, 0) is 14.1 Å². The minimum absolute atomic E-state index is 1.29. The number of nitrogens with zero attached hydrogens (tertiary/aromatic N) is 2. The second-order valence-corrected chi connectivity index (χ2v) is 3.82. The molecule has 0 spiro atoms. The van der Waals surface area contributed by atoms with Crippen LogP contribution in [0.1, 0.15) is 0 Å². The smallest absolute Gasteiger partial charge is 0.0499 e. The molecule has 3 aromatic rings. The summed E-state index contributed by atoms with van der Waals surface area (Å²) in [6.45, 7) is 0. The molecule has 2 nitrogen and oxygen atoms in total. The molecule has 2 aromatic heterocycles. The van der Waals surface area contributed by atoms with Crippen molar-refractivity contribution in [3.05, 3.63) is 36.7 Å². The molecule has 0 aliphatic carbocycles. The molecule has 0 fully saturated rings. The number of fused-ring (bicyclic) bond motifs is 2. The number of hydrogen-bond donors (Lipinski definition) is 0. The van der Waals surface area contributed by atoms with Crippen LogP contribution >= 0.6 is 0 Å². The molecule has 0 saturated carbocycles. The molecule has 0 unspecified atom stereocenters. The van der Waals surface area contributed by atoms with Crippen molar-refractivity contribution >= 4 is 21.8 Å². The first-order valence-electron chi connectivity index (χ1n) is 4.76. The lowest BCUT2D eigenvalue weighted by atomic mass is 10.2. The molecule has 3 rings (SSSR count). The first-order chi connectivity index (χ1) is 6.75. The molecule has 70 valence electrons. The van der Waals surface area contributed by atoms with Gasteiger partial charge in [0.2, 0.25) is 0 Å². The predicted octanol–water partition coefficient (Wildman–Crippen LogP) is 2.67. The van der Waals surface area contributed by atoms with Gasteiger partial charge in [-0.2, -0.15) is 0 Å². The summed E-state index contributed by atoms with van der Waals surface area (Å²) in [7, 11) is 4.16. The van der Waals surface area contributed by atoms with E-state index < -0.39 is 0 Å². The van der Waals surface area contributed by atoms with E-state index in [4.69, 9.17) is 0 Å². The van der Waals surface area contributed by atoms with E-state index >= 15 is 0 Å². The highest BCUT2D eigenvalue weighted by Gasteiger charge is 2.02. The maximum absolute atomic E-state index is 2.24. The second-order valence-electron chi connectivity index (χ2n) is 3.82. The van der Waals surface area contributed by atoms with Gasteiger partial charge in [0.25, 0.3) is 0 Å². The zero-order valence-corrected chi connectivity index (χ0v) is 8.36. The molecule has 0 N–H and O–H groups in total. The molecular weight excluding hydrogens is 172 g/mol. The van der Waals surface area contributed by atoms with Crippen LogP contribution in [0.4, 0.5) is 0 Å². The van der Waals surface area contributed by atoms with Gasteiger partial charge in [-0.15, -0.1) is 0 Å². The third kappa shape index (κ3) is 0.854. The topological polar surface area (TPSA) is 9.86 Å². The molecule has 0 atom stereocenters. The van der Waals surface area contributed by atoms with Crippen molar-refractivity contribution in [2.24, 2.45) is 14.1 Å². The van der Waals surface area contributed by atoms with Gasteiger partial charge in [0.05, 0.1) is 0 Å². The van der Waals surface area contributed by atoms with Gasteiger partial charge in [-0.25, -0.2) is 0 Å². The summed E-state index contributed by atoms with van der Waals surface area (Å²) in [6, 6.07) is 8.79. The lowest BCUT2D eigenvalue weighted by molar-refractivity contribution is 0.958. The Morgan fingerprint density at radius 2 is 1.29 bits per heavy atom. The van der Waals surface area contributed by atoms with Crippen molar-refractivity contribution in [2.75, 3.05) is 0 Å². The Morgan fingerprint density at radius 3 is 1.79 bits per heavy atom. The second kappa shape index (κ2) is 2.41. The average molecular weight is 184 g/mol. The average Bonchev–Trinajstić information content (AvgIpc) is 2.71. The maximum atomic E-state index is 2.24. The van der Waals surface area contributed by atoms with Crippen LogP contribution < -0.4 is 0 Å². The molecule has 0 aliphatic heterocycles. The zero-order valence-electron chi connectivity index (χ0n) is 8.36. The van der Waals surface area contributed by atoms with Crippen molar-refractivity contribution in [3.63, 3.8) is 0 Å². The van der Waals surface area contributed by atoms with Gasteiger partial charge in [0.15, 0.2) is 0 Å². The van der Waals surface area contributed by atoms with E-state index in [0.717, 1.165) is 0 Å². The number of aryl methyl sites for hydroxylation is 2. The fraction of sp³-hybridized carbons (Fsp3) is 0.167. The largest absolute Gasteiger partial charge is 0.350 e. The summed E-state index contributed by atoms with van der Waals surface area (Å²) in [4.78, 5) is 0. The molecule has 0 bridgehead atoms. The standard InChI is InChI=1S/C12H12N2/c1-13-5-3-9-7-10-4-6-14(2)12(10)8-11(9)13/h3-8H,1-2H3. The molecule has 2 heterocycles. The fourth-order valence-electron chi connectivity index (χ4n) is 2.03. The van der Waals surface area contributed by atoms with Gasteiger partial charge in [-0.3, -0.25) is 0 Å². The van der Waals surface area contributed by atoms with E-state index in [2.05, 4.69) is 59.9 Å². The minimum atomic E-state index is 1.29. The van der Waals surface area contributed by atoms with Crippen molar-refractivity contribution in [2.45, 2.75) is 0 Å². The van der Waals surface area contributed by atoms with Crippen molar-refractivity contribution in [1.82, 2.24) is 9.13 Å². The Kier molecular flexibility index (Phi) is 1.32. The van der Waals surface area contributed by atoms with E-state index in [9.17, 15) is 0 Å². The van der Waals surface area contributed by atoms with E-state index in [0.29, 0.717) is 0 Å². The molecule has 2 heteroatoms. The van der Waals surface area contributed by atoms with Gasteiger partial charge >= 0.3 is 0 Å². The van der Waals surface area contributed by atoms with Gasteiger partial charge in [-0.1, -0.05) is 0 Å². The maximum Gasteiger partial charge on any atom is 0.0499 e. The lowest BCUT2D eigenvalue weighted by Gasteiger charge is -1.99. The summed E-state index contributed by atoms with van der Waals surface area (Å²) in [5.74, 6) is 0. The molecule has 0 amide bonds. The number of rotatable bonds is 0. The summed E-state index contributed by atoms with van der Waals surface area (Å²) in [5, 5.41) is 2.62. The normalized spacial score (nSPS) is 11.6.